The molecular weight excluding hydrogens is 500 g/mol. The van der Waals surface area contributed by atoms with Crippen LogP contribution in [-0.4, -0.2) is 23.5 Å². The van der Waals surface area contributed by atoms with Crippen molar-refractivity contribution in [3.8, 4) is 17.0 Å². The summed E-state index contributed by atoms with van der Waals surface area (Å²) in [5, 5.41) is 3.46. The summed E-state index contributed by atoms with van der Waals surface area (Å²) in [4.78, 5) is 30.7. The number of aromatic nitrogens is 1. The minimum absolute atomic E-state index is 0.393. The molecule has 0 fully saturated rings. The van der Waals surface area contributed by atoms with Crippen LogP contribution in [0.3, 0.4) is 0 Å². The molecule has 0 aliphatic heterocycles. The van der Waals surface area contributed by atoms with Gasteiger partial charge in [0.15, 0.2) is 6.61 Å². The lowest BCUT2D eigenvalue weighted by atomic mass is 9.97. The highest BCUT2D eigenvalue weighted by atomic mass is 16.5. The average Bonchev–Trinajstić information content (AvgIpc) is 2.97. The second-order valence-electron chi connectivity index (χ2n) is 9.70. The van der Waals surface area contributed by atoms with Crippen molar-refractivity contribution in [1.29, 1.82) is 0 Å². The highest BCUT2D eigenvalue weighted by Crippen LogP contribution is 2.31. The van der Waals surface area contributed by atoms with E-state index in [1.807, 2.05) is 118 Å². The lowest BCUT2D eigenvalue weighted by molar-refractivity contribution is -0.119. The molecule has 4 aromatic carbocycles. The third-order valence-electron chi connectivity index (χ3n) is 6.84. The molecule has 6 nitrogen and oxygen atoms in total. The van der Waals surface area contributed by atoms with Crippen molar-refractivity contribution in [2.75, 3.05) is 11.9 Å². The molecule has 40 heavy (non-hydrogen) atoms. The summed E-state index contributed by atoms with van der Waals surface area (Å²) >= 11 is 0. The first-order valence-corrected chi connectivity index (χ1v) is 13.1. The molecule has 0 aliphatic carbocycles. The number of fused-ring (bicyclic) bond motifs is 1. The van der Waals surface area contributed by atoms with Crippen molar-refractivity contribution >= 4 is 28.5 Å². The van der Waals surface area contributed by atoms with Crippen molar-refractivity contribution < 1.29 is 19.1 Å². The van der Waals surface area contributed by atoms with Crippen molar-refractivity contribution in [2.45, 2.75) is 27.4 Å². The molecule has 0 spiro atoms. The van der Waals surface area contributed by atoms with Gasteiger partial charge in [0.1, 0.15) is 12.4 Å². The van der Waals surface area contributed by atoms with Crippen molar-refractivity contribution in [3.05, 3.63) is 125 Å². The SMILES string of the molecule is Cc1ccc(NC(=O)COC(=O)c2c(C)c(-c3ccc(OCc4ccccc4)cc3)nc3ccccc23)cc1C. The van der Waals surface area contributed by atoms with E-state index in [1.54, 1.807) is 0 Å². The van der Waals surface area contributed by atoms with Crippen LogP contribution in [-0.2, 0) is 16.1 Å². The molecule has 0 aliphatic rings. The van der Waals surface area contributed by atoms with E-state index < -0.39 is 18.5 Å². The Morgan fingerprint density at radius 2 is 1.52 bits per heavy atom. The maximum Gasteiger partial charge on any atom is 0.339 e. The molecule has 0 radical (unpaired) electrons. The number of carbonyl (C=O) groups is 2. The number of pyridine rings is 1. The molecule has 1 heterocycles. The van der Waals surface area contributed by atoms with Crippen LogP contribution < -0.4 is 10.1 Å². The predicted octanol–water partition coefficient (Wildman–Crippen LogP) is 7.20. The second kappa shape index (κ2) is 11.8. The molecule has 1 N–H and O–H groups in total. The monoisotopic (exact) mass is 530 g/mol. The number of aryl methyl sites for hydroxylation is 2. The number of para-hydroxylation sites is 1. The van der Waals surface area contributed by atoms with Gasteiger partial charge in [0, 0.05) is 16.6 Å². The van der Waals surface area contributed by atoms with Crippen LogP contribution in [0.4, 0.5) is 5.69 Å². The fourth-order valence-corrected chi connectivity index (χ4v) is 4.52. The third-order valence-corrected chi connectivity index (χ3v) is 6.84. The number of carbonyl (C=O) groups excluding carboxylic acids is 2. The van der Waals surface area contributed by atoms with Crippen LogP contribution >= 0.6 is 0 Å². The summed E-state index contributed by atoms with van der Waals surface area (Å²) in [6.45, 7) is 5.91. The molecule has 1 aromatic heterocycles. The van der Waals surface area contributed by atoms with Gasteiger partial charge in [-0.3, -0.25) is 4.79 Å². The Labute approximate surface area is 233 Å². The second-order valence-corrected chi connectivity index (χ2v) is 9.70. The number of anilines is 1. The number of nitrogens with zero attached hydrogens (tertiary/aromatic N) is 1. The van der Waals surface area contributed by atoms with E-state index in [0.717, 1.165) is 28.0 Å². The van der Waals surface area contributed by atoms with Crippen LogP contribution in [0.2, 0.25) is 0 Å². The standard InChI is InChI=1S/C34H30N2O4/c1-22-13-16-27(19-23(22)2)35-31(37)21-40-34(38)32-24(3)33(36-30-12-8-7-11-29(30)32)26-14-17-28(18-15-26)39-20-25-9-5-4-6-10-25/h4-19H,20-21H2,1-3H3,(H,35,37). The highest BCUT2D eigenvalue weighted by Gasteiger charge is 2.21. The van der Waals surface area contributed by atoms with E-state index in [0.29, 0.717) is 40.0 Å². The van der Waals surface area contributed by atoms with E-state index >= 15 is 0 Å². The molecule has 6 heteroatoms. The van der Waals surface area contributed by atoms with E-state index in [2.05, 4.69) is 5.32 Å². The number of nitrogens with one attached hydrogen (secondary N) is 1. The number of hydrogen-bond donors (Lipinski definition) is 1. The first-order chi connectivity index (χ1) is 19.4. The zero-order valence-corrected chi connectivity index (χ0v) is 22.7. The van der Waals surface area contributed by atoms with Gasteiger partial charge >= 0.3 is 5.97 Å². The van der Waals surface area contributed by atoms with Gasteiger partial charge in [-0.15, -0.1) is 0 Å². The predicted molar refractivity (Wildman–Crippen MR) is 158 cm³/mol. The number of benzene rings is 4. The zero-order chi connectivity index (χ0) is 28.1. The van der Waals surface area contributed by atoms with Gasteiger partial charge in [-0.2, -0.15) is 0 Å². The normalized spacial score (nSPS) is 10.8. The fourth-order valence-electron chi connectivity index (χ4n) is 4.52. The summed E-state index contributed by atoms with van der Waals surface area (Å²) < 4.78 is 11.4. The van der Waals surface area contributed by atoms with Crippen molar-refractivity contribution in [3.63, 3.8) is 0 Å². The van der Waals surface area contributed by atoms with E-state index in [4.69, 9.17) is 14.5 Å². The Kier molecular flexibility index (Phi) is 7.87. The van der Waals surface area contributed by atoms with Gasteiger partial charge in [0.25, 0.3) is 5.91 Å². The Bertz CT molecular complexity index is 1680. The van der Waals surface area contributed by atoms with Gasteiger partial charge in [0.2, 0.25) is 0 Å². The maximum absolute atomic E-state index is 13.3. The summed E-state index contributed by atoms with van der Waals surface area (Å²) in [5.74, 6) is -0.241. The third kappa shape index (κ3) is 6.02. The number of esters is 1. The van der Waals surface area contributed by atoms with Crippen LogP contribution in [0.15, 0.2) is 97.1 Å². The smallest absolute Gasteiger partial charge is 0.339 e. The minimum Gasteiger partial charge on any atom is -0.489 e. The van der Waals surface area contributed by atoms with Crippen molar-refractivity contribution in [1.82, 2.24) is 4.98 Å². The van der Waals surface area contributed by atoms with E-state index in [-0.39, 0.29) is 0 Å². The quantitative estimate of drug-likeness (QED) is 0.215. The van der Waals surface area contributed by atoms with E-state index in [9.17, 15) is 9.59 Å². The Hall–Kier alpha value is -4.97. The maximum atomic E-state index is 13.3. The van der Waals surface area contributed by atoms with Gasteiger partial charge in [-0.05, 0) is 85.5 Å². The number of hydrogen-bond acceptors (Lipinski definition) is 5. The van der Waals surface area contributed by atoms with Crippen molar-refractivity contribution in [2.24, 2.45) is 0 Å². The number of rotatable bonds is 8. The number of amides is 1. The molecule has 0 unspecified atom stereocenters. The lowest BCUT2D eigenvalue weighted by Gasteiger charge is -2.15. The first-order valence-electron chi connectivity index (χ1n) is 13.1. The lowest BCUT2D eigenvalue weighted by Crippen LogP contribution is -2.21. The zero-order valence-electron chi connectivity index (χ0n) is 22.7. The molecule has 0 bridgehead atoms. The summed E-state index contributed by atoms with van der Waals surface area (Å²) in [5.41, 5.74) is 7.19. The van der Waals surface area contributed by atoms with E-state index in [1.165, 1.54) is 0 Å². The minimum atomic E-state index is -0.574. The molecule has 5 aromatic rings. The molecular formula is C34H30N2O4. The summed E-state index contributed by atoms with van der Waals surface area (Å²) in [6.07, 6.45) is 0. The molecule has 0 saturated heterocycles. The Morgan fingerprint density at radius 3 is 2.27 bits per heavy atom. The Balaban J connectivity index is 1.35. The molecule has 5 rings (SSSR count). The van der Waals surface area contributed by atoms with Gasteiger partial charge in [0.05, 0.1) is 16.8 Å². The molecule has 1 amide bonds. The fraction of sp³-hybridized carbons (Fsp3) is 0.147. The molecule has 0 atom stereocenters. The topological polar surface area (TPSA) is 77.5 Å². The highest BCUT2D eigenvalue weighted by molar-refractivity contribution is 6.07. The van der Waals surface area contributed by atoms with Gasteiger partial charge in [-0.25, -0.2) is 9.78 Å². The number of ether oxygens (including phenoxy) is 2. The first kappa shape index (κ1) is 26.6. The average molecular weight is 531 g/mol. The van der Waals surface area contributed by atoms with Crippen LogP contribution in [0.25, 0.3) is 22.2 Å². The summed E-state index contributed by atoms with van der Waals surface area (Å²) in [6, 6.07) is 30.7. The largest absolute Gasteiger partial charge is 0.489 e. The summed E-state index contributed by atoms with van der Waals surface area (Å²) in [7, 11) is 0. The van der Waals surface area contributed by atoms with Gasteiger partial charge < -0.3 is 14.8 Å². The van der Waals surface area contributed by atoms with Crippen LogP contribution in [0.5, 0.6) is 5.75 Å². The van der Waals surface area contributed by atoms with Gasteiger partial charge in [-0.1, -0.05) is 54.6 Å². The van der Waals surface area contributed by atoms with Crippen LogP contribution in [0, 0.1) is 20.8 Å². The molecule has 0 saturated carbocycles. The van der Waals surface area contributed by atoms with Crippen LogP contribution in [0.1, 0.15) is 32.6 Å². The Morgan fingerprint density at radius 1 is 0.800 bits per heavy atom. The molecule has 200 valence electrons.